The van der Waals surface area contributed by atoms with Crippen LogP contribution in [0.2, 0.25) is 0 Å². The van der Waals surface area contributed by atoms with Crippen LogP contribution in [0.25, 0.3) is 11.2 Å². The van der Waals surface area contributed by atoms with E-state index in [4.69, 9.17) is 5.11 Å². The van der Waals surface area contributed by atoms with E-state index in [0.717, 1.165) is 25.0 Å². The van der Waals surface area contributed by atoms with Crippen molar-refractivity contribution in [1.82, 2.24) is 19.9 Å². The van der Waals surface area contributed by atoms with Crippen LogP contribution in [0.1, 0.15) is 11.1 Å². The Balaban J connectivity index is 1.69. The van der Waals surface area contributed by atoms with Gasteiger partial charge in [0.2, 0.25) is 5.95 Å². The van der Waals surface area contributed by atoms with Crippen molar-refractivity contribution >= 4 is 22.9 Å². The number of H-pyrrole nitrogens is 1. The lowest BCUT2D eigenvalue weighted by Gasteiger charge is -2.29. The fourth-order valence-electron chi connectivity index (χ4n) is 2.93. The van der Waals surface area contributed by atoms with E-state index in [1.165, 1.54) is 11.1 Å². The van der Waals surface area contributed by atoms with Gasteiger partial charge in [0, 0.05) is 19.6 Å². The first-order valence-corrected chi connectivity index (χ1v) is 7.73. The van der Waals surface area contributed by atoms with Crippen LogP contribution in [0.15, 0.2) is 30.6 Å². The van der Waals surface area contributed by atoms with Crippen molar-refractivity contribution in [2.75, 3.05) is 29.9 Å². The topological polar surface area (TPSA) is 90.0 Å². The van der Waals surface area contributed by atoms with Crippen LogP contribution >= 0.6 is 0 Å². The second-order valence-corrected chi connectivity index (χ2v) is 5.56. The van der Waals surface area contributed by atoms with Gasteiger partial charge in [-0.3, -0.25) is 0 Å². The molecule has 0 unspecified atom stereocenters. The highest BCUT2D eigenvalue weighted by molar-refractivity contribution is 5.83. The van der Waals surface area contributed by atoms with E-state index in [-0.39, 0.29) is 6.61 Å². The number of nitrogens with zero attached hydrogens (tertiary/aromatic N) is 4. The Kier molecular flexibility index (Phi) is 3.55. The number of imidazole rings is 1. The van der Waals surface area contributed by atoms with Crippen molar-refractivity contribution in [3.8, 4) is 0 Å². The zero-order valence-corrected chi connectivity index (χ0v) is 12.7. The third-order valence-corrected chi connectivity index (χ3v) is 4.09. The number of rotatable bonds is 4. The van der Waals surface area contributed by atoms with Crippen LogP contribution < -0.4 is 10.2 Å². The van der Waals surface area contributed by atoms with Crippen molar-refractivity contribution in [2.24, 2.45) is 0 Å². The average molecular weight is 310 g/mol. The Morgan fingerprint density at radius 2 is 2.09 bits per heavy atom. The molecule has 1 aliphatic heterocycles. The van der Waals surface area contributed by atoms with Gasteiger partial charge in [0.05, 0.1) is 12.9 Å². The molecule has 3 aromatic rings. The molecular weight excluding hydrogens is 292 g/mol. The number of aliphatic hydroxyl groups excluding tert-OH is 1. The predicted octanol–water partition coefficient (Wildman–Crippen LogP) is 1.32. The molecule has 7 heteroatoms. The van der Waals surface area contributed by atoms with Gasteiger partial charge in [-0.1, -0.05) is 24.3 Å². The van der Waals surface area contributed by atoms with Gasteiger partial charge in [-0.2, -0.15) is 9.97 Å². The quantitative estimate of drug-likeness (QED) is 0.673. The first-order chi connectivity index (χ1) is 11.3. The maximum absolute atomic E-state index is 9.04. The summed E-state index contributed by atoms with van der Waals surface area (Å²) < 4.78 is 0. The molecule has 1 aromatic carbocycles. The van der Waals surface area contributed by atoms with Gasteiger partial charge in [0.25, 0.3) is 0 Å². The highest BCUT2D eigenvalue weighted by Crippen LogP contribution is 2.25. The lowest BCUT2D eigenvalue weighted by molar-refractivity contribution is 0.311. The molecular formula is C16H18N6O. The molecule has 2 aromatic heterocycles. The molecule has 0 amide bonds. The Hall–Kier alpha value is -2.67. The predicted molar refractivity (Wildman–Crippen MR) is 88.5 cm³/mol. The minimum absolute atomic E-state index is 0.0477. The van der Waals surface area contributed by atoms with E-state index < -0.39 is 0 Å². The molecule has 23 heavy (non-hydrogen) atoms. The monoisotopic (exact) mass is 310 g/mol. The molecule has 0 atom stereocenters. The number of aromatic amines is 1. The molecule has 0 radical (unpaired) electrons. The number of benzene rings is 1. The standard InChI is InChI=1S/C16H18N6O/c23-8-6-17-14-13-15(19-10-18-13)21-16(20-14)22-7-5-11-3-1-2-4-12(11)9-22/h1-4,10,23H,5-9H2,(H2,17,18,19,20,21). The van der Waals surface area contributed by atoms with Gasteiger partial charge in [0.1, 0.15) is 5.52 Å². The van der Waals surface area contributed by atoms with Crippen molar-refractivity contribution in [3.05, 3.63) is 41.7 Å². The van der Waals surface area contributed by atoms with Crippen molar-refractivity contribution in [1.29, 1.82) is 0 Å². The largest absolute Gasteiger partial charge is 0.395 e. The zero-order chi connectivity index (χ0) is 15.6. The lowest BCUT2D eigenvalue weighted by atomic mass is 10.0. The number of anilines is 2. The SMILES string of the molecule is OCCNc1nc(N2CCc3ccccc3C2)nc2nc[nH]c12. The van der Waals surface area contributed by atoms with E-state index >= 15 is 0 Å². The summed E-state index contributed by atoms with van der Waals surface area (Å²) in [7, 11) is 0. The number of fused-ring (bicyclic) bond motifs is 2. The normalized spacial score (nSPS) is 14.0. The second kappa shape index (κ2) is 5.85. The van der Waals surface area contributed by atoms with E-state index in [9.17, 15) is 0 Å². The molecule has 0 bridgehead atoms. The zero-order valence-electron chi connectivity index (χ0n) is 12.7. The van der Waals surface area contributed by atoms with E-state index in [1.807, 2.05) is 0 Å². The van der Waals surface area contributed by atoms with E-state index in [0.29, 0.717) is 24.0 Å². The highest BCUT2D eigenvalue weighted by Gasteiger charge is 2.20. The molecule has 118 valence electrons. The molecule has 3 N–H and O–H groups in total. The van der Waals surface area contributed by atoms with Crippen molar-refractivity contribution < 1.29 is 5.11 Å². The Bertz CT molecular complexity index is 830. The number of aromatic nitrogens is 4. The Morgan fingerprint density at radius 1 is 1.22 bits per heavy atom. The van der Waals surface area contributed by atoms with E-state index in [1.54, 1.807) is 6.33 Å². The van der Waals surface area contributed by atoms with Crippen molar-refractivity contribution in [3.63, 3.8) is 0 Å². The van der Waals surface area contributed by atoms with Crippen LogP contribution in [-0.2, 0) is 13.0 Å². The summed E-state index contributed by atoms with van der Waals surface area (Å²) in [5.74, 6) is 1.34. The molecule has 4 rings (SSSR count). The van der Waals surface area contributed by atoms with Gasteiger partial charge in [-0.05, 0) is 17.5 Å². The molecule has 1 aliphatic rings. The Morgan fingerprint density at radius 3 is 2.96 bits per heavy atom. The van der Waals surface area contributed by atoms with Gasteiger partial charge < -0.3 is 20.3 Å². The number of hydrogen-bond donors (Lipinski definition) is 3. The van der Waals surface area contributed by atoms with Crippen LogP contribution in [-0.4, -0.2) is 44.7 Å². The van der Waals surface area contributed by atoms with Crippen molar-refractivity contribution in [2.45, 2.75) is 13.0 Å². The average Bonchev–Trinajstić information content (AvgIpc) is 3.08. The summed E-state index contributed by atoms with van der Waals surface area (Å²) in [5.41, 5.74) is 4.10. The summed E-state index contributed by atoms with van der Waals surface area (Å²) >= 11 is 0. The van der Waals surface area contributed by atoms with E-state index in [2.05, 4.69) is 54.4 Å². The lowest BCUT2D eigenvalue weighted by Crippen LogP contribution is -2.32. The number of nitrogens with one attached hydrogen (secondary N) is 2. The number of hydrogen-bond acceptors (Lipinski definition) is 6. The number of aliphatic hydroxyl groups is 1. The third kappa shape index (κ3) is 2.59. The summed E-state index contributed by atoms with van der Waals surface area (Å²) in [6, 6.07) is 8.48. The molecule has 0 saturated carbocycles. The minimum atomic E-state index is 0.0477. The summed E-state index contributed by atoms with van der Waals surface area (Å²) in [6.45, 7) is 2.16. The fraction of sp³-hybridized carbons (Fsp3) is 0.312. The maximum atomic E-state index is 9.04. The molecule has 3 heterocycles. The van der Waals surface area contributed by atoms with Gasteiger partial charge in [-0.15, -0.1) is 0 Å². The second-order valence-electron chi connectivity index (χ2n) is 5.56. The molecule has 0 spiro atoms. The molecule has 0 aliphatic carbocycles. The first-order valence-electron chi connectivity index (χ1n) is 7.73. The fourth-order valence-corrected chi connectivity index (χ4v) is 2.93. The van der Waals surface area contributed by atoms with Crippen LogP contribution in [0.4, 0.5) is 11.8 Å². The minimum Gasteiger partial charge on any atom is -0.395 e. The van der Waals surface area contributed by atoms with Gasteiger partial charge in [-0.25, -0.2) is 4.98 Å². The smallest absolute Gasteiger partial charge is 0.229 e. The highest BCUT2D eigenvalue weighted by atomic mass is 16.3. The van der Waals surface area contributed by atoms with Gasteiger partial charge >= 0.3 is 0 Å². The molecule has 0 saturated heterocycles. The molecule has 0 fully saturated rings. The Labute approximate surface area is 133 Å². The molecule has 7 nitrogen and oxygen atoms in total. The third-order valence-electron chi connectivity index (χ3n) is 4.09. The van der Waals surface area contributed by atoms with Gasteiger partial charge in [0.15, 0.2) is 11.5 Å². The first kappa shape index (κ1) is 14.0. The van der Waals surface area contributed by atoms with Crippen LogP contribution in [0.5, 0.6) is 0 Å². The summed E-state index contributed by atoms with van der Waals surface area (Å²) in [6.07, 6.45) is 2.59. The maximum Gasteiger partial charge on any atom is 0.229 e. The van der Waals surface area contributed by atoms with Crippen LogP contribution in [0.3, 0.4) is 0 Å². The summed E-state index contributed by atoms with van der Waals surface area (Å²) in [4.78, 5) is 18.7. The summed E-state index contributed by atoms with van der Waals surface area (Å²) in [5, 5.41) is 12.2. The van der Waals surface area contributed by atoms with Crippen LogP contribution in [0, 0.1) is 0 Å².